The van der Waals surface area contributed by atoms with Crippen LogP contribution in [0.1, 0.15) is 51.9 Å². The summed E-state index contributed by atoms with van der Waals surface area (Å²) in [7, 11) is 1.99. The Hall–Kier alpha value is -0.770. The van der Waals surface area contributed by atoms with Crippen molar-refractivity contribution < 1.29 is 4.79 Å². The van der Waals surface area contributed by atoms with Crippen molar-refractivity contribution in [3.05, 3.63) is 0 Å². The molecule has 1 saturated heterocycles. The number of likely N-dealkylation sites (tertiary alicyclic amines) is 1. The first-order chi connectivity index (χ1) is 9.22. The van der Waals surface area contributed by atoms with Gasteiger partial charge in [-0.15, -0.1) is 0 Å². The van der Waals surface area contributed by atoms with Gasteiger partial charge in [0.25, 0.3) is 0 Å². The second-order valence-corrected chi connectivity index (χ2v) is 6.05. The van der Waals surface area contributed by atoms with E-state index in [0.717, 1.165) is 32.5 Å². The Labute approximate surface area is 117 Å². The summed E-state index contributed by atoms with van der Waals surface area (Å²) in [6, 6.07) is 1.38. The second kappa shape index (κ2) is 7.13. The summed E-state index contributed by atoms with van der Waals surface area (Å²) < 4.78 is 0. The molecule has 0 bridgehead atoms. The second-order valence-electron chi connectivity index (χ2n) is 6.05. The van der Waals surface area contributed by atoms with E-state index in [0.29, 0.717) is 12.1 Å². The van der Waals surface area contributed by atoms with Gasteiger partial charge >= 0.3 is 6.03 Å². The molecule has 0 aromatic carbocycles. The number of carbonyl (C=O) groups is 1. The third-order valence-electron chi connectivity index (χ3n) is 4.61. The maximum Gasteiger partial charge on any atom is 0.319 e. The number of hydrogen-bond acceptors (Lipinski definition) is 2. The Bertz CT molecular complexity index is 281. The summed E-state index contributed by atoms with van der Waals surface area (Å²) >= 11 is 0. The molecular weight excluding hydrogens is 238 g/mol. The minimum Gasteiger partial charge on any atom is -0.325 e. The SMILES string of the molecule is CCCNC1CCC(N(C)C(=O)N2CCCC2)CC1. The van der Waals surface area contributed by atoms with Crippen molar-refractivity contribution >= 4 is 6.03 Å². The van der Waals surface area contributed by atoms with E-state index in [2.05, 4.69) is 12.2 Å². The fourth-order valence-electron chi connectivity index (χ4n) is 3.30. The highest BCUT2D eigenvalue weighted by molar-refractivity contribution is 5.74. The molecule has 0 spiro atoms. The number of urea groups is 1. The molecule has 2 rings (SSSR count). The lowest BCUT2D eigenvalue weighted by molar-refractivity contribution is 0.137. The van der Waals surface area contributed by atoms with E-state index < -0.39 is 0 Å². The highest BCUT2D eigenvalue weighted by Gasteiger charge is 2.29. The number of nitrogens with one attached hydrogen (secondary N) is 1. The van der Waals surface area contributed by atoms with Gasteiger partial charge in [-0.2, -0.15) is 0 Å². The zero-order valence-corrected chi connectivity index (χ0v) is 12.5. The first-order valence-corrected chi connectivity index (χ1v) is 7.97. The summed E-state index contributed by atoms with van der Waals surface area (Å²) in [6.45, 7) is 5.24. The lowest BCUT2D eigenvalue weighted by Gasteiger charge is -2.36. The predicted octanol–water partition coefficient (Wildman–Crippen LogP) is 2.44. The zero-order valence-electron chi connectivity index (χ0n) is 12.5. The van der Waals surface area contributed by atoms with Crippen molar-refractivity contribution in [3.63, 3.8) is 0 Å². The van der Waals surface area contributed by atoms with Crippen LogP contribution in [0, 0.1) is 0 Å². The summed E-state index contributed by atoms with van der Waals surface area (Å²) in [6.07, 6.45) is 8.27. The number of carbonyl (C=O) groups excluding carboxylic acids is 1. The van der Waals surface area contributed by atoms with Crippen LogP contribution in [0.4, 0.5) is 4.79 Å². The third-order valence-corrected chi connectivity index (χ3v) is 4.61. The van der Waals surface area contributed by atoms with E-state index in [9.17, 15) is 4.79 Å². The molecule has 1 heterocycles. The van der Waals surface area contributed by atoms with Gasteiger partial charge in [0.2, 0.25) is 0 Å². The summed E-state index contributed by atoms with van der Waals surface area (Å²) in [5.41, 5.74) is 0. The van der Waals surface area contributed by atoms with Gasteiger partial charge in [0.15, 0.2) is 0 Å². The fourth-order valence-corrected chi connectivity index (χ4v) is 3.30. The van der Waals surface area contributed by atoms with E-state index in [4.69, 9.17) is 0 Å². The van der Waals surface area contributed by atoms with Gasteiger partial charge in [-0.25, -0.2) is 4.79 Å². The average molecular weight is 267 g/mol. The van der Waals surface area contributed by atoms with Gasteiger partial charge in [0.1, 0.15) is 0 Å². The Morgan fingerprint density at radius 2 is 1.84 bits per heavy atom. The number of hydrogen-bond donors (Lipinski definition) is 1. The summed E-state index contributed by atoms with van der Waals surface area (Å²) in [4.78, 5) is 16.4. The number of amides is 2. The molecule has 0 unspecified atom stereocenters. The lowest BCUT2D eigenvalue weighted by atomic mass is 9.90. The minimum atomic E-state index is 0.252. The van der Waals surface area contributed by atoms with E-state index in [-0.39, 0.29) is 6.03 Å². The molecule has 19 heavy (non-hydrogen) atoms. The van der Waals surface area contributed by atoms with Gasteiger partial charge in [-0.3, -0.25) is 0 Å². The maximum absolute atomic E-state index is 12.3. The molecule has 1 saturated carbocycles. The molecule has 2 fully saturated rings. The lowest BCUT2D eigenvalue weighted by Crippen LogP contribution is -2.47. The van der Waals surface area contributed by atoms with Crippen molar-refractivity contribution in [1.29, 1.82) is 0 Å². The molecule has 0 radical (unpaired) electrons. The van der Waals surface area contributed by atoms with Crippen LogP contribution in [-0.2, 0) is 0 Å². The summed E-state index contributed by atoms with van der Waals surface area (Å²) in [5, 5.41) is 3.60. The van der Waals surface area contributed by atoms with Crippen LogP contribution in [0.5, 0.6) is 0 Å². The molecule has 0 aromatic rings. The van der Waals surface area contributed by atoms with Gasteiger partial charge < -0.3 is 15.1 Å². The van der Waals surface area contributed by atoms with Crippen molar-refractivity contribution in [2.24, 2.45) is 0 Å². The first-order valence-electron chi connectivity index (χ1n) is 7.97. The van der Waals surface area contributed by atoms with Crippen LogP contribution in [0.25, 0.3) is 0 Å². The van der Waals surface area contributed by atoms with E-state index in [1.165, 1.54) is 32.1 Å². The van der Waals surface area contributed by atoms with Crippen LogP contribution in [-0.4, -0.2) is 54.6 Å². The van der Waals surface area contributed by atoms with Crippen molar-refractivity contribution in [2.75, 3.05) is 26.7 Å². The van der Waals surface area contributed by atoms with Crippen LogP contribution >= 0.6 is 0 Å². The number of nitrogens with zero attached hydrogens (tertiary/aromatic N) is 2. The smallest absolute Gasteiger partial charge is 0.319 e. The molecule has 110 valence electrons. The Balaban J connectivity index is 1.75. The fraction of sp³-hybridized carbons (Fsp3) is 0.933. The first kappa shape index (κ1) is 14.6. The van der Waals surface area contributed by atoms with Crippen LogP contribution in [0.3, 0.4) is 0 Å². The predicted molar refractivity (Wildman–Crippen MR) is 78.3 cm³/mol. The average Bonchev–Trinajstić information content (AvgIpc) is 2.98. The molecule has 2 aliphatic rings. The van der Waals surface area contributed by atoms with Crippen molar-refractivity contribution in [2.45, 2.75) is 64.0 Å². The molecular formula is C15H29N3O. The number of rotatable bonds is 4. The van der Waals surface area contributed by atoms with Crippen molar-refractivity contribution in [1.82, 2.24) is 15.1 Å². The molecule has 4 nitrogen and oxygen atoms in total. The van der Waals surface area contributed by atoms with Gasteiger partial charge in [-0.05, 0) is 51.5 Å². The van der Waals surface area contributed by atoms with E-state index >= 15 is 0 Å². The highest BCUT2D eigenvalue weighted by Crippen LogP contribution is 2.24. The van der Waals surface area contributed by atoms with E-state index in [1.807, 2.05) is 16.8 Å². The van der Waals surface area contributed by atoms with E-state index in [1.54, 1.807) is 0 Å². The molecule has 1 aliphatic heterocycles. The normalized spacial score (nSPS) is 27.6. The largest absolute Gasteiger partial charge is 0.325 e. The van der Waals surface area contributed by atoms with Crippen LogP contribution in [0.2, 0.25) is 0 Å². The molecule has 0 aromatic heterocycles. The highest BCUT2D eigenvalue weighted by atomic mass is 16.2. The van der Waals surface area contributed by atoms with Gasteiger partial charge in [0.05, 0.1) is 0 Å². The zero-order chi connectivity index (χ0) is 13.7. The van der Waals surface area contributed by atoms with Crippen LogP contribution in [0.15, 0.2) is 0 Å². The molecule has 0 atom stereocenters. The Morgan fingerprint density at radius 1 is 1.21 bits per heavy atom. The monoisotopic (exact) mass is 267 g/mol. The van der Waals surface area contributed by atoms with Crippen molar-refractivity contribution in [3.8, 4) is 0 Å². The molecule has 1 N–H and O–H groups in total. The molecule has 1 aliphatic carbocycles. The molecule has 4 heteroatoms. The summed E-state index contributed by atoms with van der Waals surface area (Å²) in [5.74, 6) is 0. The van der Waals surface area contributed by atoms with Gasteiger partial charge in [-0.1, -0.05) is 6.92 Å². The Kier molecular flexibility index (Phi) is 5.49. The topological polar surface area (TPSA) is 35.6 Å². The van der Waals surface area contributed by atoms with Gasteiger partial charge in [0, 0.05) is 32.2 Å². The Morgan fingerprint density at radius 3 is 2.42 bits per heavy atom. The minimum absolute atomic E-state index is 0.252. The third kappa shape index (κ3) is 3.85. The maximum atomic E-state index is 12.3. The van der Waals surface area contributed by atoms with Crippen LogP contribution < -0.4 is 5.32 Å². The molecule has 2 amide bonds. The standard InChI is InChI=1S/C15H29N3O/c1-3-10-16-13-6-8-14(9-7-13)17(2)15(19)18-11-4-5-12-18/h13-14,16H,3-12H2,1-2H3. The quantitative estimate of drug-likeness (QED) is 0.849.